The summed E-state index contributed by atoms with van der Waals surface area (Å²) in [6.07, 6.45) is 1.39. The smallest absolute Gasteiger partial charge is 0.100 e. The molecule has 1 aromatic rings. The van der Waals surface area contributed by atoms with Crippen LogP contribution in [0.4, 0.5) is 0 Å². The molecular formula is C13H13BrN2. The Hall–Kier alpha value is -1.32. The lowest BCUT2D eigenvalue weighted by molar-refractivity contribution is 0.725. The predicted molar refractivity (Wildman–Crippen MR) is 66.9 cm³/mol. The van der Waals surface area contributed by atoms with Crippen molar-refractivity contribution < 1.29 is 0 Å². The molecule has 0 bridgehead atoms. The molecule has 0 heterocycles. The molecule has 0 radical (unpaired) electrons. The van der Waals surface area contributed by atoms with Gasteiger partial charge < -0.3 is 0 Å². The summed E-state index contributed by atoms with van der Waals surface area (Å²) in [5, 5.41) is 17.7. The molecular weight excluding hydrogens is 264 g/mol. The van der Waals surface area contributed by atoms with Crippen LogP contribution in [0, 0.1) is 22.7 Å². The molecule has 0 aliphatic carbocycles. The van der Waals surface area contributed by atoms with Gasteiger partial charge in [0, 0.05) is 4.47 Å². The quantitative estimate of drug-likeness (QED) is 0.841. The van der Waals surface area contributed by atoms with Gasteiger partial charge in [-0.3, -0.25) is 0 Å². The topological polar surface area (TPSA) is 47.6 Å². The van der Waals surface area contributed by atoms with Crippen LogP contribution < -0.4 is 0 Å². The fraction of sp³-hybridized carbons (Fsp3) is 0.385. The van der Waals surface area contributed by atoms with E-state index in [1.54, 1.807) is 0 Å². The number of halogens is 1. The maximum atomic E-state index is 8.93. The van der Waals surface area contributed by atoms with Crippen molar-refractivity contribution in [2.24, 2.45) is 0 Å². The summed E-state index contributed by atoms with van der Waals surface area (Å²) in [6.45, 7) is 4.25. The molecule has 1 unspecified atom stereocenters. The Kier molecular flexibility index (Phi) is 4.52. The summed E-state index contributed by atoms with van der Waals surface area (Å²) in [4.78, 5) is 0. The van der Waals surface area contributed by atoms with Crippen molar-refractivity contribution in [3.8, 4) is 12.1 Å². The van der Waals surface area contributed by atoms with Crippen LogP contribution in [0.1, 0.15) is 42.9 Å². The lowest BCUT2D eigenvalue weighted by atomic mass is 9.91. The zero-order valence-electron chi connectivity index (χ0n) is 9.42. The maximum Gasteiger partial charge on any atom is 0.100 e. The van der Waals surface area contributed by atoms with Crippen molar-refractivity contribution in [2.75, 3.05) is 0 Å². The summed E-state index contributed by atoms with van der Waals surface area (Å²) >= 11 is 3.38. The minimum atomic E-state index is 0.363. The van der Waals surface area contributed by atoms with Crippen LogP contribution in [0.15, 0.2) is 16.6 Å². The molecule has 0 spiro atoms. The van der Waals surface area contributed by atoms with Gasteiger partial charge in [-0.15, -0.1) is 0 Å². The Balaban J connectivity index is 3.32. The number of nitriles is 2. The van der Waals surface area contributed by atoms with Gasteiger partial charge in [-0.1, -0.05) is 13.8 Å². The van der Waals surface area contributed by atoms with E-state index in [0.29, 0.717) is 17.9 Å². The molecule has 0 saturated heterocycles. The molecule has 0 aliphatic heterocycles. The first kappa shape index (κ1) is 12.7. The van der Waals surface area contributed by atoms with Crippen molar-refractivity contribution in [1.29, 1.82) is 10.5 Å². The second kappa shape index (κ2) is 5.68. The van der Waals surface area contributed by atoms with Crippen molar-refractivity contribution in [3.05, 3.63) is 33.3 Å². The lowest BCUT2D eigenvalue weighted by Gasteiger charge is -2.14. The fourth-order valence-corrected chi connectivity index (χ4v) is 2.09. The highest BCUT2D eigenvalue weighted by Gasteiger charge is 2.12. The second-order valence-electron chi connectivity index (χ2n) is 3.79. The predicted octanol–water partition coefficient (Wildman–Crippen LogP) is 3.90. The van der Waals surface area contributed by atoms with Crippen LogP contribution in [0.5, 0.6) is 0 Å². The van der Waals surface area contributed by atoms with Gasteiger partial charge in [-0.2, -0.15) is 10.5 Å². The lowest BCUT2D eigenvalue weighted by Crippen LogP contribution is -1.99. The minimum Gasteiger partial charge on any atom is -0.198 e. The average molecular weight is 277 g/mol. The molecule has 2 nitrogen and oxygen atoms in total. The van der Waals surface area contributed by atoms with Gasteiger partial charge in [-0.25, -0.2) is 0 Å². The Labute approximate surface area is 105 Å². The maximum absolute atomic E-state index is 8.93. The minimum absolute atomic E-state index is 0.363. The number of nitrogens with zero attached hydrogens (tertiary/aromatic N) is 2. The van der Waals surface area contributed by atoms with Crippen LogP contribution in [0.25, 0.3) is 0 Å². The summed E-state index contributed by atoms with van der Waals surface area (Å²) in [7, 11) is 0. The first-order valence-electron chi connectivity index (χ1n) is 5.23. The highest BCUT2D eigenvalue weighted by atomic mass is 79.9. The average Bonchev–Trinajstić information content (AvgIpc) is 2.30. The summed E-state index contributed by atoms with van der Waals surface area (Å²) in [6, 6.07) is 8.06. The molecule has 1 aromatic carbocycles. The van der Waals surface area contributed by atoms with E-state index in [0.717, 1.165) is 22.0 Å². The monoisotopic (exact) mass is 276 g/mol. The normalized spacial score (nSPS) is 11.6. The van der Waals surface area contributed by atoms with Crippen molar-refractivity contribution >= 4 is 15.9 Å². The molecule has 0 fully saturated rings. The van der Waals surface area contributed by atoms with E-state index in [1.807, 2.05) is 12.1 Å². The van der Waals surface area contributed by atoms with Crippen LogP contribution in [-0.4, -0.2) is 0 Å². The van der Waals surface area contributed by atoms with E-state index >= 15 is 0 Å². The summed E-state index contributed by atoms with van der Waals surface area (Å²) in [5.74, 6) is 0.410. The molecule has 0 aromatic heterocycles. The molecule has 3 heteroatoms. The van der Waals surface area contributed by atoms with E-state index in [9.17, 15) is 0 Å². The van der Waals surface area contributed by atoms with Gasteiger partial charge in [0.25, 0.3) is 0 Å². The Morgan fingerprint density at radius 1 is 1.38 bits per heavy atom. The molecule has 0 aliphatic rings. The molecule has 16 heavy (non-hydrogen) atoms. The Bertz CT molecular complexity index is 466. The summed E-state index contributed by atoms with van der Waals surface area (Å²) in [5.41, 5.74) is 2.73. The largest absolute Gasteiger partial charge is 0.198 e. The third-order valence-electron chi connectivity index (χ3n) is 2.76. The zero-order valence-corrected chi connectivity index (χ0v) is 11.0. The molecule has 82 valence electrons. The standard InChI is InChI=1S/C13H13BrN2/c1-3-9(2)12-7-13(14)11(8-16)6-10(12)4-5-15/h6-7,9H,3-4H2,1-2H3. The van der Waals surface area contributed by atoms with Crippen LogP contribution >= 0.6 is 15.9 Å². The number of benzene rings is 1. The van der Waals surface area contributed by atoms with Crippen LogP contribution in [0.2, 0.25) is 0 Å². The Morgan fingerprint density at radius 2 is 2.06 bits per heavy atom. The first-order chi connectivity index (χ1) is 7.63. The Morgan fingerprint density at radius 3 is 2.56 bits per heavy atom. The van der Waals surface area contributed by atoms with Gasteiger partial charge in [0.2, 0.25) is 0 Å². The highest BCUT2D eigenvalue weighted by molar-refractivity contribution is 9.10. The molecule has 0 N–H and O–H groups in total. The molecule has 0 amide bonds. The third-order valence-corrected chi connectivity index (χ3v) is 3.42. The van der Waals surface area contributed by atoms with E-state index < -0.39 is 0 Å². The van der Waals surface area contributed by atoms with Crippen LogP contribution in [-0.2, 0) is 6.42 Å². The number of hydrogen-bond acceptors (Lipinski definition) is 2. The SMILES string of the molecule is CCC(C)c1cc(Br)c(C#N)cc1CC#N. The van der Waals surface area contributed by atoms with Crippen molar-refractivity contribution in [1.82, 2.24) is 0 Å². The number of rotatable bonds is 3. The zero-order chi connectivity index (χ0) is 12.1. The van der Waals surface area contributed by atoms with E-state index in [4.69, 9.17) is 10.5 Å². The van der Waals surface area contributed by atoms with E-state index in [2.05, 4.69) is 41.9 Å². The van der Waals surface area contributed by atoms with Crippen molar-refractivity contribution in [2.45, 2.75) is 32.6 Å². The number of hydrogen-bond donors (Lipinski definition) is 0. The highest BCUT2D eigenvalue weighted by Crippen LogP contribution is 2.29. The van der Waals surface area contributed by atoms with E-state index in [1.165, 1.54) is 0 Å². The van der Waals surface area contributed by atoms with Gasteiger partial charge in [0.05, 0.1) is 18.1 Å². The second-order valence-corrected chi connectivity index (χ2v) is 4.64. The van der Waals surface area contributed by atoms with Gasteiger partial charge in [-0.05, 0) is 51.5 Å². The van der Waals surface area contributed by atoms with Gasteiger partial charge in [0.15, 0.2) is 0 Å². The van der Waals surface area contributed by atoms with Crippen LogP contribution in [0.3, 0.4) is 0 Å². The first-order valence-corrected chi connectivity index (χ1v) is 6.02. The van der Waals surface area contributed by atoms with Crippen molar-refractivity contribution in [3.63, 3.8) is 0 Å². The molecule has 0 saturated carbocycles. The molecule has 1 atom stereocenters. The van der Waals surface area contributed by atoms with Gasteiger partial charge in [0.1, 0.15) is 6.07 Å². The van der Waals surface area contributed by atoms with Gasteiger partial charge >= 0.3 is 0 Å². The summed E-state index contributed by atoms with van der Waals surface area (Å²) < 4.78 is 0.812. The third kappa shape index (κ3) is 2.62. The van der Waals surface area contributed by atoms with E-state index in [-0.39, 0.29) is 0 Å². The molecule has 1 rings (SSSR count). The fourth-order valence-electron chi connectivity index (χ4n) is 1.64.